The molecule has 1 aliphatic heterocycles. The average Bonchev–Trinajstić information content (AvgIpc) is 2.53. The van der Waals surface area contributed by atoms with Crippen molar-refractivity contribution in [3.8, 4) is 11.5 Å². The molecular formula is C22H28O. The molecule has 3 rings (SSSR count). The summed E-state index contributed by atoms with van der Waals surface area (Å²) < 4.78 is 6.28. The molecule has 0 fully saturated rings. The van der Waals surface area contributed by atoms with Crippen molar-refractivity contribution in [3.63, 3.8) is 0 Å². The van der Waals surface area contributed by atoms with E-state index in [1.54, 1.807) is 0 Å². The molecule has 1 atom stereocenters. The second kappa shape index (κ2) is 5.70. The van der Waals surface area contributed by atoms with Gasteiger partial charge in [-0.1, -0.05) is 65.8 Å². The summed E-state index contributed by atoms with van der Waals surface area (Å²) in [5, 5.41) is 0. The Bertz CT molecular complexity index is 725. The maximum atomic E-state index is 6.28. The molecule has 0 aromatic heterocycles. The Morgan fingerprint density at radius 2 is 1.57 bits per heavy atom. The van der Waals surface area contributed by atoms with Gasteiger partial charge in [-0.3, -0.25) is 0 Å². The fourth-order valence-corrected chi connectivity index (χ4v) is 3.43. The maximum absolute atomic E-state index is 6.28. The van der Waals surface area contributed by atoms with Crippen molar-refractivity contribution in [2.24, 2.45) is 0 Å². The summed E-state index contributed by atoms with van der Waals surface area (Å²) in [6.07, 6.45) is 1.15. The van der Waals surface area contributed by atoms with E-state index in [4.69, 9.17) is 4.74 Å². The highest BCUT2D eigenvalue weighted by Gasteiger charge is 2.34. The standard InChI is InChI=1S/C22H28O/c1-7-15(4)17-8-10-18-21(13-17)23-20-11-9-16(14(2)3)12-19(20)22(18,5)6/h8-15H,7H2,1-6H3. The molecule has 1 aliphatic rings. The van der Waals surface area contributed by atoms with Gasteiger partial charge in [-0.05, 0) is 41.5 Å². The second-order valence-electron chi connectivity index (χ2n) is 7.70. The first kappa shape index (κ1) is 16.1. The lowest BCUT2D eigenvalue weighted by molar-refractivity contribution is 0.416. The van der Waals surface area contributed by atoms with Crippen LogP contribution < -0.4 is 4.74 Å². The molecular weight excluding hydrogens is 280 g/mol. The molecule has 0 bridgehead atoms. The van der Waals surface area contributed by atoms with Crippen LogP contribution in [0.1, 0.15) is 82.1 Å². The first-order valence-corrected chi connectivity index (χ1v) is 8.81. The molecule has 0 radical (unpaired) electrons. The Kier molecular flexibility index (Phi) is 4.00. The Morgan fingerprint density at radius 3 is 2.22 bits per heavy atom. The van der Waals surface area contributed by atoms with Gasteiger partial charge in [0.15, 0.2) is 0 Å². The van der Waals surface area contributed by atoms with Gasteiger partial charge in [-0.2, -0.15) is 0 Å². The van der Waals surface area contributed by atoms with E-state index in [-0.39, 0.29) is 5.41 Å². The molecule has 2 aromatic rings. The van der Waals surface area contributed by atoms with Crippen LogP contribution >= 0.6 is 0 Å². The predicted molar refractivity (Wildman–Crippen MR) is 97.9 cm³/mol. The topological polar surface area (TPSA) is 9.23 Å². The van der Waals surface area contributed by atoms with Crippen LogP contribution in [0.5, 0.6) is 11.5 Å². The third-order valence-electron chi connectivity index (χ3n) is 5.42. The van der Waals surface area contributed by atoms with Crippen molar-refractivity contribution in [1.29, 1.82) is 0 Å². The molecule has 0 spiro atoms. The van der Waals surface area contributed by atoms with Crippen molar-refractivity contribution in [2.45, 2.75) is 65.2 Å². The minimum atomic E-state index is -0.0260. The van der Waals surface area contributed by atoms with E-state index in [2.05, 4.69) is 77.9 Å². The summed E-state index contributed by atoms with van der Waals surface area (Å²) in [5.41, 5.74) is 5.30. The number of benzene rings is 2. The maximum Gasteiger partial charge on any atom is 0.131 e. The number of hydrogen-bond acceptors (Lipinski definition) is 1. The van der Waals surface area contributed by atoms with Crippen LogP contribution in [0.3, 0.4) is 0 Å². The lowest BCUT2D eigenvalue weighted by atomic mass is 9.74. The lowest BCUT2D eigenvalue weighted by Gasteiger charge is -2.35. The fraction of sp³-hybridized carbons (Fsp3) is 0.455. The molecule has 23 heavy (non-hydrogen) atoms. The molecule has 1 heterocycles. The summed E-state index contributed by atoms with van der Waals surface area (Å²) >= 11 is 0. The van der Waals surface area contributed by atoms with Gasteiger partial charge in [0.25, 0.3) is 0 Å². The van der Waals surface area contributed by atoms with Crippen LogP contribution in [-0.4, -0.2) is 0 Å². The second-order valence-corrected chi connectivity index (χ2v) is 7.70. The van der Waals surface area contributed by atoms with Crippen LogP contribution in [0.25, 0.3) is 0 Å². The highest BCUT2D eigenvalue weighted by molar-refractivity contribution is 5.58. The number of hydrogen-bond donors (Lipinski definition) is 0. The minimum absolute atomic E-state index is 0.0260. The molecule has 1 heteroatoms. The Hall–Kier alpha value is -1.76. The molecule has 0 amide bonds. The van der Waals surface area contributed by atoms with Gasteiger partial charge in [0, 0.05) is 16.5 Å². The summed E-state index contributed by atoms with van der Waals surface area (Å²) in [6, 6.07) is 13.4. The predicted octanol–water partition coefficient (Wildman–Crippen LogP) is 6.76. The smallest absolute Gasteiger partial charge is 0.131 e. The van der Waals surface area contributed by atoms with Gasteiger partial charge in [0.1, 0.15) is 11.5 Å². The van der Waals surface area contributed by atoms with Crippen LogP contribution in [0.4, 0.5) is 0 Å². The molecule has 2 aromatic carbocycles. The van der Waals surface area contributed by atoms with Gasteiger partial charge in [0.2, 0.25) is 0 Å². The van der Waals surface area contributed by atoms with Crippen molar-refractivity contribution in [3.05, 3.63) is 58.7 Å². The Balaban J connectivity index is 2.10. The summed E-state index contributed by atoms with van der Waals surface area (Å²) in [5.74, 6) is 3.13. The normalized spacial score (nSPS) is 16.5. The average molecular weight is 308 g/mol. The van der Waals surface area contributed by atoms with Crippen LogP contribution in [0, 0.1) is 0 Å². The number of rotatable bonds is 3. The zero-order valence-corrected chi connectivity index (χ0v) is 15.2. The summed E-state index contributed by atoms with van der Waals surface area (Å²) in [7, 11) is 0. The van der Waals surface area contributed by atoms with E-state index >= 15 is 0 Å². The SMILES string of the molecule is CCC(C)c1ccc2c(c1)Oc1ccc(C(C)C)cc1C2(C)C. The largest absolute Gasteiger partial charge is 0.457 e. The molecule has 0 saturated carbocycles. The molecule has 122 valence electrons. The van der Waals surface area contributed by atoms with E-state index in [9.17, 15) is 0 Å². The zero-order chi connectivity index (χ0) is 16.8. The quantitative estimate of drug-likeness (QED) is 0.609. The van der Waals surface area contributed by atoms with Gasteiger partial charge in [-0.25, -0.2) is 0 Å². The molecule has 0 saturated heterocycles. The molecule has 0 aliphatic carbocycles. The van der Waals surface area contributed by atoms with Crippen LogP contribution in [0.15, 0.2) is 36.4 Å². The molecule has 1 unspecified atom stereocenters. The summed E-state index contributed by atoms with van der Waals surface area (Å²) in [4.78, 5) is 0. The Morgan fingerprint density at radius 1 is 0.870 bits per heavy atom. The third-order valence-corrected chi connectivity index (χ3v) is 5.42. The van der Waals surface area contributed by atoms with Crippen molar-refractivity contribution in [2.75, 3.05) is 0 Å². The van der Waals surface area contributed by atoms with Crippen molar-refractivity contribution < 1.29 is 4.74 Å². The zero-order valence-electron chi connectivity index (χ0n) is 15.2. The number of fused-ring (bicyclic) bond motifs is 2. The fourth-order valence-electron chi connectivity index (χ4n) is 3.43. The third kappa shape index (κ3) is 2.67. The van der Waals surface area contributed by atoms with Crippen molar-refractivity contribution >= 4 is 0 Å². The lowest BCUT2D eigenvalue weighted by Crippen LogP contribution is -2.24. The van der Waals surface area contributed by atoms with Gasteiger partial charge < -0.3 is 4.74 Å². The highest BCUT2D eigenvalue weighted by atomic mass is 16.5. The van der Waals surface area contributed by atoms with Gasteiger partial charge >= 0.3 is 0 Å². The summed E-state index contributed by atoms with van der Waals surface area (Å²) in [6.45, 7) is 13.6. The van der Waals surface area contributed by atoms with Crippen LogP contribution in [-0.2, 0) is 5.41 Å². The van der Waals surface area contributed by atoms with Gasteiger partial charge in [0.05, 0.1) is 0 Å². The monoisotopic (exact) mass is 308 g/mol. The van der Waals surface area contributed by atoms with Crippen LogP contribution in [0.2, 0.25) is 0 Å². The molecule has 0 N–H and O–H groups in total. The van der Waals surface area contributed by atoms with E-state index in [0.717, 1.165) is 17.9 Å². The van der Waals surface area contributed by atoms with Gasteiger partial charge in [-0.15, -0.1) is 0 Å². The van der Waals surface area contributed by atoms with E-state index in [1.165, 1.54) is 22.3 Å². The Labute approximate surface area is 140 Å². The molecule has 1 nitrogen and oxygen atoms in total. The first-order chi connectivity index (χ1) is 10.8. The van der Waals surface area contributed by atoms with Crippen molar-refractivity contribution in [1.82, 2.24) is 0 Å². The first-order valence-electron chi connectivity index (χ1n) is 8.81. The minimum Gasteiger partial charge on any atom is -0.457 e. The van der Waals surface area contributed by atoms with E-state index < -0.39 is 0 Å². The highest BCUT2D eigenvalue weighted by Crippen LogP contribution is 2.49. The number of ether oxygens (including phenoxy) is 1. The van der Waals surface area contributed by atoms with E-state index in [1.807, 2.05) is 0 Å². The van der Waals surface area contributed by atoms with E-state index in [0.29, 0.717) is 11.8 Å².